The Morgan fingerprint density at radius 3 is 2.24 bits per heavy atom. The molecule has 2 aliphatic heterocycles. The number of piperidine rings is 2. The third-order valence-electron chi connectivity index (χ3n) is 5.59. The quantitative estimate of drug-likeness (QED) is 0.401. The van der Waals surface area contributed by atoms with Crippen molar-refractivity contribution >= 4 is 5.96 Å². The lowest BCUT2D eigenvalue weighted by atomic mass is 9.99. The number of likely N-dealkylation sites (tertiary alicyclic amines) is 2. The van der Waals surface area contributed by atoms with Crippen LogP contribution in [0.5, 0.6) is 0 Å². The van der Waals surface area contributed by atoms with Crippen LogP contribution in [0, 0.1) is 5.92 Å². The second-order valence-electron chi connectivity index (χ2n) is 7.90. The van der Waals surface area contributed by atoms with E-state index < -0.39 is 0 Å². The summed E-state index contributed by atoms with van der Waals surface area (Å²) in [5, 5.41) is 7.08. The highest BCUT2D eigenvalue weighted by atomic mass is 15.2. The fourth-order valence-corrected chi connectivity index (χ4v) is 3.90. The molecule has 0 aromatic rings. The lowest BCUT2D eigenvalue weighted by molar-refractivity contribution is 0.191. The van der Waals surface area contributed by atoms with Crippen LogP contribution in [0.4, 0.5) is 0 Å². The molecule has 0 amide bonds. The van der Waals surface area contributed by atoms with Crippen LogP contribution in [0.3, 0.4) is 0 Å². The van der Waals surface area contributed by atoms with Crippen molar-refractivity contribution in [3.8, 4) is 0 Å². The van der Waals surface area contributed by atoms with E-state index in [-0.39, 0.29) is 0 Å². The number of hydrogen-bond donors (Lipinski definition) is 2. The van der Waals surface area contributed by atoms with Crippen molar-refractivity contribution in [2.24, 2.45) is 10.9 Å². The Morgan fingerprint density at radius 2 is 1.60 bits per heavy atom. The summed E-state index contributed by atoms with van der Waals surface area (Å²) in [5.74, 6) is 1.94. The van der Waals surface area contributed by atoms with Gasteiger partial charge in [-0.3, -0.25) is 4.99 Å². The van der Waals surface area contributed by atoms with Gasteiger partial charge in [0, 0.05) is 32.2 Å². The van der Waals surface area contributed by atoms with Gasteiger partial charge in [0.05, 0.1) is 0 Å². The zero-order valence-corrected chi connectivity index (χ0v) is 16.9. The van der Waals surface area contributed by atoms with Gasteiger partial charge in [-0.25, -0.2) is 0 Å². The first-order valence-corrected chi connectivity index (χ1v) is 10.7. The molecule has 2 rings (SSSR count). The molecule has 2 fully saturated rings. The zero-order valence-electron chi connectivity index (χ0n) is 16.9. The Hall–Kier alpha value is -0.810. The molecule has 25 heavy (non-hydrogen) atoms. The highest BCUT2D eigenvalue weighted by Gasteiger charge is 2.19. The van der Waals surface area contributed by atoms with Crippen molar-refractivity contribution in [1.29, 1.82) is 0 Å². The molecule has 0 atom stereocenters. The number of rotatable bonds is 8. The SMILES string of the molecule is CCCN1CCC(NC(=NCCCN2CCC(C)CC2)NCC)CC1. The Labute approximate surface area is 155 Å². The van der Waals surface area contributed by atoms with Crippen molar-refractivity contribution in [1.82, 2.24) is 20.4 Å². The van der Waals surface area contributed by atoms with Crippen LogP contribution in [0.15, 0.2) is 4.99 Å². The van der Waals surface area contributed by atoms with Crippen LogP contribution < -0.4 is 10.6 Å². The smallest absolute Gasteiger partial charge is 0.191 e. The summed E-state index contributed by atoms with van der Waals surface area (Å²) in [4.78, 5) is 10.0. The Bertz CT molecular complexity index is 368. The second kappa shape index (κ2) is 11.7. The standard InChI is InChI=1S/C20H41N5/c1-4-12-24-16-9-19(10-17-24)23-20(21-5-2)22-11-6-13-25-14-7-18(3)8-15-25/h18-19H,4-17H2,1-3H3,(H2,21,22,23). The van der Waals surface area contributed by atoms with Gasteiger partial charge in [0.1, 0.15) is 0 Å². The van der Waals surface area contributed by atoms with Crippen molar-refractivity contribution < 1.29 is 0 Å². The average molecular weight is 352 g/mol. The molecule has 146 valence electrons. The Balaban J connectivity index is 1.66. The van der Waals surface area contributed by atoms with Crippen LogP contribution in [-0.4, -0.2) is 74.2 Å². The number of guanidine groups is 1. The average Bonchev–Trinajstić information content (AvgIpc) is 2.62. The van der Waals surface area contributed by atoms with Crippen LogP contribution in [0.25, 0.3) is 0 Å². The topological polar surface area (TPSA) is 42.9 Å². The van der Waals surface area contributed by atoms with Crippen molar-refractivity contribution in [3.05, 3.63) is 0 Å². The fourth-order valence-electron chi connectivity index (χ4n) is 3.90. The first-order valence-electron chi connectivity index (χ1n) is 10.7. The summed E-state index contributed by atoms with van der Waals surface area (Å²) >= 11 is 0. The molecule has 5 heteroatoms. The largest absolute Gasteiger partial charge is 0.357 e. The molecule has 0 aliphatic carbocycles. The van der Waals surface area contributed by atoms with E-state index in [9.17, 15) is 0 Å². The molecule has 5 nitrogen and oxygen atoms in total. The van der Waals surface area contributed by atoms with Gasteiger partial charge in [0.15, 0.2) is 5.96 Å². The van der Waals surface area contributed by atoms with Gasteiger partial charge in [-0.2, -0.15) is 0 Å². The van der Waals surface area contributed by atoms with E-state index in [0.717, 1.165) is 25.0 Å². The molecular formula is C20H41N5. The van der Waals surface area contributed by atoms with E-state index >= 15 is 0 Å². The van der Waals surface area contributed by atoms with Gasteiger partial charge in [0.2, 0.25) is 0 Å². The number of nitrogens with zero attached hydrogens (tertiary/aromatic N) is 3. The zero-order chi connectivity index (χ0) is 17.9. The summed E-state index contributed by atoms with van der Waals surface area (Å²) in [6.45, 7) is 16.1. The maximum Gasteiger partial charge on any atom is 0.191 e. The van der Waals surface area contributed by atoms with Crippen LogP contribution >= 0.6 is 0 Å². The van der Waals surface area contributed by atoms with Gasteiger partial charge >= 0.3 is 0 Å². The minimum atomic E-state index is 0.578. The van der Waals surface area contributed by atoms with Crippen LogP contribution in [0.2, 0.25) is 0 Å². The molecule has 0 aromatic carbocycles. The Morgan fingerprint density at radius 1 is 0.960 bits per heavy atom. The number of aliphatic imine (C=N–C) groups is 1. The molecule has 0 radical (unpaired) electrons. The van der Waals surface area contributed by atoms with Crippen molar-refractivity contribution in [2.45, 2.75) is 65.3 Å². The maximum atomic E-state index is 4.82. The lowest BCUT2D eigenvalue weighted by Gasteiger charge is -2.33. The van der Waals surface area contributed by atoms with Gasteiger partial charge in [0.25, 0.3) is 0 Å². The van der Waals surface area contributed by atoms with Crippen molar-refractivity contribution in [3.63, 3.8) is 0 Å². The summed E-state index contributed by atoms with van der Waals surface area (Å²) in [5.41, 5.74) is 0. The summed E-state index contributed by atoms with van der Waals surface area (Å²) in [6.07, 6.45) is 7.62. The fraction of sp³-hybridized carbons (Fsp3) is 0.950. The van der Waals surface area contributed by atoms with E-state index in [0.29, 0.717) is 6.04 Å². The molecule has 2 aliphatic rings. The predicted octanol–water partition coefficient (Wildman–Crippen LogP) is 2.54. The van der Waals surface area contributed by atoms with Gasteiger partial charge in [-0.15, -0.1) is 0 Å². The van der Waals surface area contributed by atoms with Crippen LogP contribution in [0.1, 0.15) is 59.3 Å². The summed E-state index contributed by atoms with van der Waals surface area (Å²) < 4.78 is 0. The normalized spacial score (nSPS) is 22.3. The van der Waals surface area contributed by atoms with Crippen molar-refractivity contribution in [2.75, 3.05) is 52.4 Å². The van der Waals surface area contributed by atoms with E-state index in [4.69, 9.17) is 4.99 Å². The lowest BCUT2D eigenvalue weighted by Crippen LogP contribution is -2.48. The predicted molar refractivity (Wildman–Crippen MR) is 108 cm³/mol. The molecule has 0 bridgehead atoms. The monoisotopic (exact) mass is 351 g/mol. The first-order chi connectivity index (χ1) is 12.2. The van der Waals surface area contributed by atoms with Gasteiger partial charge in [-0.1, -0.05) is 13.8 Å². The third-order valence-corrected chi connectivity index (χ3v) is 5.59. The molecule has 2 heterocycles. The molecule has 2 saturated heterocycles. The number of hydrogen-bond acceptors (Lipinski definition) is 3. The second-order valence-corrected chi connectivity index (χ2v) is 7.90. The summed E-state index contributed by atoms with van der Waals surface area (Å²) in [7, 11) is 0. The molecule has 0 spiro atoms. The molecular weight excluding hydrogens is 310 g/mol. The summed E-state index contributed by atoms with van der Waals surface area (Å²) in [6, 6.07) is 0.578. The van der Waals surface area contributed by atoms with E-state index in [1.807, 2.05) is 0 Å². The highest BCUT2D eigenvalue weighted by molar-refractivity contribution is 5.80. The minimum absolute atomic E-state index is 0.578. The molecule has 0 unspecified atom stereocenters. The van der Waals surface area contributed by atoms with Gasteiger partial charge < -0.3 is 20.4 Å². The maximum absolute atomic E-state index is 4.82. The molecule has 0 aromatic heterocycles. The number of nitrogens with one attached hydrogen (secondary N) is 2. The third kappa shape index (κ3) is 7.95. The van der Waals surface area contributed by atoms with E-state index in [2.05, 4.69) is 41.2 Å². The molecule has 2 N–H and O–H groups in total. The Kier molecular flexibility index (Phi) is 9.63. The molecule has 0 saturated carbocycles. The van der Waals surface area contributed by atoms with E-state index in [1.54, 1.807) is 0 Å². The first kappa shape index (κ1) is 20.5. The highest BCUT2D eigenvalue weighted by Crippen LogP contribution is 2.15. The van der Waals surface area contributed by atoms with Gasteiger partial charge in [-0.05, 0) is 77.5 Å². The minimum Gasteiger partial charge on any atom is -0.357 e. The van der Waals surface area contributed by atoms with E-state index in [1.165, 1.54) is 77.8 Å². The van der Waals surface area contributed by atoms with Crippen LogP contribution in [-0.2, 0) is 0 Å².